The molecule has 0 aliphatic rings. The summed E-state index contributed by atoms with van der Waals surface area (Å²) in [4.78, 5) is 11.8. The van der Waals surface area contributed by atoms with Crippen molar-refractivity contribution in [3.63, 3.8) is 0 Å². The summed E-state index contributed by atoms with van der Waals surface area (Å²) < 4.78 is 1.04. The van der Waals surface area contributed by atoms with E-state index in [1.807, 2.05) is 24.3 Å². The maximum atomic E-state index is 11.8. The first-order valence-corrected chi connectivity index (χ1v) is 7.56. The lowest BCUT2D eigenvalue weighted by atomic mass is 10.1. The van der Waals surface area contributed by atoms with Crippen LogP contribution in [0.25, 0.3) is 0 Å². The van der Waals surface area contributed by atoms with Crippen LogP contribution in [-0.2, 0) is 6.42 Å². The molecule has 2 amide bonds. The number of nitrogens with one attached hydrogen (secondary N) is 2. The van der Waals surface area contributed by atoms with Crippen LogP contribution in [0.1, 0.15) is 5.56 Å². The van der Waals surface area contributed by atoms with Crippen LogP contribution < -0.4 is 16.4 Å². The van der Waals surface area contributed by atoms with Crippen LogP contribution in [0.15, 0.2) is 46.9 Å². The Morgan fingerprint density at radius 3 is 2.71 bits per heavy atom. The van der Waals surface area contributed by atoms with Gasteiger partial charge in [-0.25, -0.2) is 4.79 Å². The normalized spacial score (nSPS) is 10.2. The molecule has 0 fully saturated rings. The zero-order valence-corrected chi connectivity index (χ0v) is 13.5. The molecule has 4 nitrogen and oxygen atoms in total. The number of nitrogen functional groups attached to an aromatic ring is 1. The summed E-state index contributed by atoms with van der Waals surface area (Å²) >= 11 is 9.47. The molecule has 0 saturated heterocycles. The molecule has 0 heterocycles. The maximum Gasteiger partial charge on any atom is 0.319 e. The van der Waals surface area contributed by atoms with E-state index in [1.165, 1.54) is 0 Å². The van der Waals surface area contributed by atoms with Crippen molar-refractivity contribution in [1.82, 2.24) is 5.32 Å². The van der Waals surface area contributed by atoms with Gasteiger partial charge < -0.3 is 16.4 Å². The minimum absolute atomic E-state index is 0.297. The number of nitrogens with two attached hydrogens (primary N) is 1. The van der Waals surface area contributed by atoms with Crippen molar-refractivity contribution >= 4 is 44.9 Å². The van der Waals surface area contributed by atoms with E-state index in [0.29, 0.717) is 22.9 Å². The lowest BCUT2D eigenvalue weighted by molar-refractivity contribution is 0.252. The van der Waals surface area contributed by atoms with E-state index in [2.05, 4.69) is 26.6 Å². The highest BCUT2D eigenvalue weighted by Crippen LogP contribution is 2.23. The van der Waals surface area contributed by atoms with Crippen molar-refractivity contribution in [3.05, 3.63) is 57.5 Å². The fraction of sp³-hybridized carbons (Fsp3) is 0.133. The van der Waals surface area contributed by atoms with Crippen LogP contribution in [0.5, 0.6) is 0 Å². The molecule has 4 N–H and O–H groups in total. The molecule has 0 unspecified atom stereocenters. The zero-order valence-electron chi connectivity index (χ0n) is 11.2. The van der Waals surface area contributed by atoms with E-state index in [4.69, 9.17) is 17.3 Å². The monoisotopic (exact) mass is 367 g/mol. The van der Waals surface area contributed by atoms with Crippen LogP contribution in [0.3, 0.4) is 0 Å². The first-order chi connectivity index (χ1) is 10.1. The van der Waals surface area contributed by atoms with Gasteiger partial charge in [0.25, 0.3) is 0 Å². The number of urea groups is 1. The summed E-state index contributed by atoms with van der Waals surface area (Å²) in [5.74, 6) is 0. The second kappa shape index (κ2) is 7.33. The Hall–Kier alpha value is -1.72. The molecule has 0 spiro atoms. The number of benzene rings is 2. The number of amides is 2. The molecule has 0 aromatic heterocycles. The van der Waals surface area contributed by atoms with E-state index in [1.54, 1.807) is 18.2 Å². The van der Waals surface area contributed by atoms with Gasteiger partial charge in [0, 0.05) is 16.7 Å². The summed E-state index contributed by atoms with van der Waals surface area (Å²) in [7, 11) is 0. The number of anilines is 2. The van der Waals surface area contributed by atoms with E-state index < -0.39 is 0 Å². The highest BCUT2D eigenvalue weighted by Gasteiger charge is 2.06. The highest BCUT2D eigenvalue weighted by molar-refractivity contribution is 9.10. The Bertz CT molecular complexity index is 649. The Kier molecular flexibility index (Phi) is 5.47. The number of rotatable bonds is 4. The molecule has 0 atom stereocenters. The largest absolute Gasteiger partial charge is 0.399 e. The molecule has 21 heavy (non-hydrogen) atoms. The lowest BCUT2D eigenvalue weighted by Gasteiger charge is -2.10. The van der Waals surface area contributed by atoms with Gasteiger partial charge in [0.1, 0.15) is 0 Å². The molecular formula is C15H15BrClN3O. The van der Waals surface area contributed by atoms with Crippen LogP contribution in [0.4, 0.5) is 16.2 Å². The molecule has 2 aromatic rings. The molecular weight excluding hydrogens is 354 g/mol. The summed E-state index contributed by atoms with van der Waals surface area (Å²) in [5, 5.41) is 5.89. The average molecular weight is 369 g/mol. The van der Waals surface area contributed by atoms with Gasteiger partial charge in [0.15, 0.2) is 0 Å². The third-order valence-electron chi connectivity index (χ3n) is 2.88. The van der Waals surface area contributed by atoms with E-state index in [-0.39, 0.29) is 6.03 Å². The third kappa shape index (κ3) is 4.65. The van der Waals surface area contributed by atoms with Crippen LogP contribution in [0, 0.1) is 0 Å². The van der Waals surface area contributed by atoms with Gasteiger partial charge in [-0.2, -0.15) is 0 Å². The molecule has 2 rings (SSSR count). The zero-order chi connectivity index (χ0) is 15.2. The summed E-state index contributed by atoms with van der Waals surface area (Å²) in [6, 6.07) is 12.6. The van der Waals surface area contributed by atoms with Crippen LogP contribution in [0.2, 0.25) is 5.02 Å². The van der Waals surface area contributed by atoms with Crippen LogP contribution >= 0.6 is 27.5 Å². The van der Waals surface area contributed by atoms with Crippen molar-refractivity contribution in [1.29, 1.82) is 0 Å². The second-order valence-electron chi connectivity index (χ2n) is 4.46. The Balaban J connectivity index is 1.84. The predicted molar refractivity (Wildman–Crippen MR) is 90.7 cm³/mol. The molecule has 0 aliphatic heterocycles. The van der Waals surface area contributed by atoms with Gasteiger partial charge in [-0.3, -0.25) is 0 Å². The fourth-order valence-electron chi connectivity index (χ4n) is 1.81. The number of halogens is 2. The number of hydrogen-bond donors (Lipinski definition) is 3. The predicted octanol–water partition coefficient (Wildman–Crippen LogP) is 4.05. The Labute approximate surface area is 136 Å². The Morgan fingerprint density at radius 2 is 2.00 bits per heavy atom. The molecule has 0 aliphatic carbocycles. The molecule has 2 aromatic carbocycles. The van der Waals surface area contributed by atoms with Gasteiger partial charge in [0.2, 0.25) is 0 Å². The number of carbonyl (C=O) groups excluding carboxylic acids is 1. The minimum Gasteiger partial charge on any atom is -0.399 e. The highest BCUT2D eigenvalue weighted by atomic mass is 79.9. The van der Waals surface area contributed by atoms with Crippen LogP contribution in [-0.4, -0.2) is 12.6 Å². The van der Waals surface area contributed by atoms with Crippen molar-refractivity contribution in [2.45, 2.75) is 6.42 Å². The molecule has 110 valence electrons. The van der Waals surface area contributed by atoms with Gasteiger partial charge in [0.05, 0.1) is 10.7 Å². The molecule has 6 heteroatoms. The topological polar surface area (TPSA) is 67.1 Å². The average Bonchev–Trinajstić information content (AvgIpc) is 2.44. The first kappa shape index (κ1) is 15.7. The Morgan fingerprint density at radius 1 is 1.24 bits per heavy atom. The van der Waals surface area contributed by atoms with Crippen molar-refractivity contribution in [3.8, 4) is 0 Å². The smallest absolute Gasteiger partial charge is 0.319 e. The maximum absolute atomic E-state index is 11.8. The summed E-state index contributed by atoms with van der Waals surface area (Å²) in [6.45, 7) is 0.529. The lowest BCUT2D eigenvalue weighted by Crippen LogP contribution is -2.30. The minimum atomic E-state index is -0.297. The quantitative estimate of drug-likeness (QED) is 0.713. The van der Waals surface area contributed by atoms with Crippen molar-refractivity contribution < 1.29 is 4.79 Å². The van der Waals surface area contributed by atoms with Crippen molar-refractivity contribution in [2.75, 3.05) is 17.6 Å². The number of hydrogen-bond acceptors (Lipinski definition) is 2. The van der Waals surface area contributed by atoms with E-state index in [9.17, 15) is 4.79 Å². The number of carbonyl (C=O) groups is 1. The van der Waals surface area contributed by atoms with Gasteiger partial charge >= 0.3 is 6.03 Å². The summed E-state index contributed by atoms with van der Waals surface area (Å²) in [5.41, 5.74) is 7.83. The van der Waals surface area contributed by atoms with E-state index >= 15 is 0 Å². The standard InChI is InChI=1S/C15H15BrClN3O/c16-12-4-2-1-3-10(12)7-8-19-15(21)20-14-6-5-11(18)9-13(14)17/h1-6,9H,7-8,18H2,(H2,19,20,21). The third-order valence-corrected chi connectivity index (χ3v) is 3.97. The molecule has 0 saturated carbocycles. The molecule has 0 bridgehead atoms. The first-order valence-electron chi connectivity index (χ1n) is 6.39. The van der Waals surface area contributed by atoms with Gasteiger partial charge in [-0.15, -0.1) is 0 Å². The second-order valence-corrected chi connectivity index (χ2v) is 5.72. The molecule has 0 radical (unpaired) electrons. The fourth-order valence-corrected chi connectivity index (χ4v) is 2.53. The van der Waals surface area contributed by atoms with Gasteiger partial charge in [-0.1, -0.05) is 45.7 Å². The van der Waals surface area contributed by atoms with E-state index in [0.717, 1.165) is 16.5 Å². The van der Waals surface area contributed by atoms with Gasteiger partial charge in [-0.05, 0) is 36.2 Å². The SMILES string of the molecule is Nc1ccc(NC(=O)NCCc2ccccc2Br)c(Cl)c1. The van der Waals surface area contributed by atoms with Crippen molar-refractivity contribution in [2.24, 2.45) is 0 Å². The summed E-state index contributed by atoms with van der Waals surface area (Å²) in [6.07, 6.45) is 0.740.